The van der Waals surface area contributed by atoms with Crippen molar-refractivity contribution in [3.05, 3.63) is 82.2 Å². The van der Waals surface area contributed by atoms with Crippen LogP contribution in [0.5, 0.6) is 23.3 Å². The SMILES string of the molecule is C/C=C\CC(Oc1ccc(CN(CCO[Si+](C)C)C(=O)O)c(OC)n1)Oc1cc(OCc2cncc(C#N)c2)c(CNC[C@@H](O)CC(=O)O)cc1Cl. The number of amides is 1. The number of carboxylic acid groups (broad SMARTS) is 2. The van der Waals surface area contributed by atoms with Gasteiger partial charge in [0.2, 0.25) is 18.1 Å². The maximum absolute atomic E-state index is 11.9. The summed E-state index contributed by atoms with van der Waals surface area (Å²) in [6, 6.07) is 10.2. The second-order valence-electron chi connectivity index (χ2n) is 11.5. The minimum atomic E-state index is -1.12. The largest absolute Gasteiger partial charge is 0.488 e. The maximum Gasteiger partial charge on any atom is 0.466 e. The molecule has 0 saturated carbocycles. The molecule has 0 saturated heterocycles. The molecule has 0 radical (unpaired) electrons. The molecule has 0 fully saturated rings. The van der Waals surface area contributed by atoms with E-state index in [0.717, 1.165) is 0 Å². The Balaban J connectivity index is 1.85. The number of allylic oxidation sites excluding steroid dienone is 1. The summed E-state index contributed by atoms with van der Waals surface area (Å²) in [6.07, 6.45) is 3.42. The lowest BCUT2D eigenvalue weighted by molar-refractivity contribution is -0.139. The third-order valence-corrected chi connectivity index (χ3v) is 8.18. The number of methoxy groups -OCH3 is 1. The Morgan fingerprint density at radius 3 is 2.60 bits per heavy atom. The van der Waals surface area contributed by atoms with E-state index in [1.165, 1.54) is 18.2 Å². The number of carbonyl (C=O) groups is 2. The van der Waals surface area contributed by atoms with E-state index in [1.54, 1.807) is 36.5 Å². The van der Waals surface area contributed by atoms with Gasteiger partial charge in [0, 0.05) is 60.7 Å². The summed E-state index contributed by atoms with van der Waals surface area (Å²) < 4.78 is 29.6. The van der Waals surface area contributed by atoms with Crippen LogP contribution >= 0.6 is 11.6 Å². The first kappa shape index (κ1) is 41.5. The third-order valence-electron chi connectivity index (χ3n) is 7.10. The van der Waals surface area contributed by atoms with Crippen LogP contribution in [0.4, 0.5) is 4.79 Å². The Bertz CT molecular complexity index is 1710. The number of hydrogen-bond donors (Lipinski definition) is 4. The predicted octanol–water partition coefficient (Wildman–Crippen LogP) is 5.01. The number of rotatable bonds is 22. The van der Waals surface area contributed by atoms with Gasteiger partial charge in [-0.1, -0.05) is 23.8 Å². The molecule has 0 bridgehead atoms. The van der Waals surface area contributed by atoms with E-state index in [9.17, 15) is 25.1 Å². The van der Waals surface area contributed by atoms with E-state index in [0.29, 0.717) is 28.0 Å². The zero-order valence-corrected chi connectivity index (χ0v) is 31.1. The topological polar surface area (TPSA) is 206 Å². The highest BCUT2D eigenvalue weighted by Gasteiger charge is 2.22. The summed E-state index contributed by atoms with van der Waals surface area (Å²) in [5.74, 6) is -0.207. The van der Waals surface area contributed by atoms with E-state index in [2.05, 4.69) is 15.3 Å². The summed E-state index contributed by atoms with van der Waals surface area (Å²) in [5.41, 5.74) is 2.13. The molecule has 4 N–H and O–H groups in total. The number of ether oxygens (including phenoxy) is 4. The van der Waals surface area contributed by atoms with Crippen LogP contribution in [0, 0.1) is 11.3 Å². The second-order valence-corrected chi connectivity index (χ2v) is 14.0. The molecule has 278 valence electrons. The molecule has 17 heteroatoms. The van der Waals surface area contributed by atoms with Gasteiger partial charge in [-0.05, 0) is 25.1 Å². The fourth-order valence-electron chi connectivity index (χ4n) is 4.64. The molecule has 2 heterocycles. The number of nitrogens with one attached hydrogen (secondary N) is 1. The van der Waals surface area contributed by atoms with Gasteiger partial charge in [0.1, 0.15) is 30.8 Å². The Hall–Kier alpha value is -4.92. The number of carboxylic acids is 1. The molecule has 3 aromatic rings. The fourth-order valence-corrected chi connectivity index (χ4v) is 5.37. The van der Waals surface area contributed by atoms with Crippen molar-refractivity contribution in [1.29, 1.82) is 5.26 Å². The molecule has 2 atom stereocenters. The number of aliphatic hydroxyl groups excluding tert-OH is 1. The molecule has 3 rings (SSSR count). The molecule has 52 heavy (non-hydrogen) atoms. The second kappa shape index (κ2) is 21.4. The van der Waals surface area contributed by atoms with Crippen LogP contribution in [0.2, 0.25) is 18.1 Å². The lowest BCUT2D eigenvalue weighted by Crippen LogP contribution is -2.33. The third kappa shape index (κ3) is 14.0. The molecule has 1 amide bonds. The minimum Gasteiger partial charge on any atom is -0.488 e. The van der Waals surface area contributed by atoms with Crippen molar-refractivity contribution in [3.8, 4) is 29.3 Å². The van der Waals surface area contributed by atoms with E-state index in [-0.39, 0.29) is 68.3 Å². The molecule has 1 unspecified atom stereocenters. The van der Waals surface area contributed by atoms with Crippen molar-refractivity contribution in [2.45, 2.75) is 64.9 Å². The normalized spacial score (nSPS) is 12.1. The number of pyridine rings is 2. The molecular weight excluding hydrogens is 714 g/mol. The number of aromatic nitrogens is 2. The average Bonchev–Trinajstić information content (AvgIpc) is 3.10. The standard InChI is InChI=1S/C35H42ClN5O10Si/c1-5-6-7-33(51-31-9-8-25(34(40-31)47-2)21-41(35(45)46)10-11-49-52(3)4)50-30-15-29(48-22-24-12-23(16-37)17-38-18-24)26(13-28(30)36)19-39-20-27(42)14-32(43)44/h5-6,8-9,12-13,15,17-18,27,33,39,42H,7,10-11,14,19-22H2,1-4H3,(H-,43,44,45,46)/p+1/b6-5-/t27-,33?/m0/s1. The van der Waals surface area contributed by atoms with Crippen molar-refractivity contribution in [2.75, 3.05) is 26.8 Å². The Labute approximate surface area is 309 Å². The van der Waals surface area contributed by atoms with Crippen LogP contribution < -0.4 is 24.3 Å². The monoisotopic (exact) mass is 756 g/mol. The lowest BCUT2D eigenvalue weighted by Gasteiger charge is -2.22. The zero-order chi connectivity index (χ0) is 38.0. The number of nitriles is 1. The molecular formula is C35H43ClN5O10Si+. The first-order valence-electron chi connectivity index (χ1n) is 16.2. The van der Waals surface area contributed by atoms with Crippen LogP contribution in [0.1, 0.15) is 42.0 Å². The van der Waals surface area contributed by atoms with Crippen molar-refractivity contribution in [2.24, 2.45) is 0 Å². The van der Waals surface area contributed by atoms with E-state index < -0.39 is 39.9 Å². The fraction of sp³-hybridized carbons (Fsp3) is 0.400. The van der Waals surface area contributed by atoms with Crippen LogP contribution in [-0.2, 0) is 28.9 Å². The highest BCUT2D eigenvalue weighted by Crippen LogP contribution is 2.35. The predicted molar refractivity (Wildman–Crippen MR) is 192 cm³/mol. The lowest BCUT2D eigenvalue weighted by atomic mass is 10.1. The summed E-state index contributed by atoms with van der Waals surface area (Å²) in [7, 11) is 0.463. The van der Waals surface area contributed by atoms with Gasteiger partial charge in [0.05, 0.1) is 56.4 Å². The Morgan fingerprint density at radius 1 is 1.13 bits per heavy atom. The zero-order valence-electron chi connectivity index (χ0n) is 29.4. The van der Waals surface area contributed by atoms with E-state index in [4.69, 9.17) is 40.1 Å². The van der Waals surface area contributed by atoms with Gasteiger partial charge in [-0.25, -0.2) is 9.22 Å². The number of halogens is 1. The molecule has 15 nitrogen and oxygen atoms in total. The summed E-state index contributed by atoms with van der Waals surface area (Å²) in [5, 5.41) is 41.2. The van der Waals surface area contributed by atoms with Crippen LogP contribution in [-0.4, -0.2) is 90.5 Å². The summed E-state index contributed by atoms with van der Waals surface area (Å²) in [4.78, 5) is 32.6. The number of benzene rings is 1. The van der Waals surface area contributed by atoms with Gasteiger partial charge >= 0.3 is 21.1 Å². The molecule has 0 aliphatic rings. The maximum atomic E-state index is 11.9. The smallest absolute Gasteiger partial charge is 0.466 e. The molecule has 2 aromatic heterocycles. The number of nitrogens with zero attached hydrogens (tertiary/aromatic N) is 4. The Kier molecular flexibility index (Phi) is 17.1. The van der Waals surface area contributed by atoms with Gasteiger partial charge < -0.3 is 44.5 Å². The first-order valence-corrected chi connectivity index (χ1v) is 19.0. The van der Waals surface area contributed by atoms with Crippen molar-refractivity contribution < 1.29 is 48.3 Å². The van der Waals surface area contributed by atoms with Gasteiger partial charge in [0.25, 0.3) is 0 Å². The summed E-state index contributed by atoms with van der Waals surface area (Å²) >= 11 is 6.69. The first-order chi connectivity index (χ1) is 24.9. The Morgan fingerprint density at radius 2 is 1.92 bits per heavy atom. The molecule has 0 aliphatic heterocycles. The van der Waals surface area contributed by atoms with Gasteiger partial charge in [0.15, 0.2) is 0 Å². The summed E-state index contributed by atoms with van der Waals surface area (Å²) in [6.45, 7) is 6.51. The highest BCUT2D eigenvalue weighted by molar-refractivity contribution is 6.48. The van der Waals surface area contributed by atoms with Crippen molar-refractivity contribution in [3.63, 3.8) is 0 Å². The van der Waals surface area contributed by atoms with Gasteiger partial charge in [-0.15, -0.1) is 0 Å². The van der Waals surface area contributed by atoms with Crippen molar-refractivity contribution in [1.82, 2.24) is 20.2 Å². The van der Waals surface area contributed by atoms with Crippen molar-refractivity contribution >= 4 is 32.7 Å². The van der Waals surface area contributed by atoms with E-state index in [1.807, 2.05) is 38.2 Å². The van der Waals surface area contributed by atoms with Crippen LogP contribution in [0.25, 0.3) is 0 Å². The van der Waals surface area contributed by atoms with Gasteiger partial charge in [-0.2, -0.15) is 10.2 Å². The molecule has 0 aliphatic carbocycles. The number of hydrogen-bond acceptors (Lipinski definition) is 12. The van der Waals surface area contributed by atoms with Crippen LogP contribution in [0.15, 0.2) is 54.9 Å². The molecule has 0 spiro atoms. The molecule has 1 aromatic carbocycles. The number of aliphatic carboxylic acids is 1. The number of aliphatic hydroxyl groups is 1. The quantitative estimate of drug-likeness (QED) is 0.0604. The van der Waals surface area contributed by atoms with Crippen LogP contribution in [0.3, 0.4) is 0 Å². The van der Waals surface area contributed by atoms with Gasteiger partial charge in [-0.3, -0.25) is 9.78 Å². The average molecular weight is 757 g/mol. The highest BCUT2D eigenvalue weighted by atomic mass is 35.5. The van der Waals surface area contributed by atoms with E-state index >= 15 is 0 Å². The minimum absolute atomic E-state index is 0.00613.